The molecule has 39 heavy (non-hydrogen) atoms. The van der Waals surface area contributed by atoms with Crippen LogP contribution >= 0.6 is 0 Å². The number of hydrogen-bond acceptors (Lipinski definition) is 2. The van der Waals surface area contributed by atoms with Gasteiger partial charge in [-0.25, -0.2) is 0 Å². The summed E-state index contributed by atoms with van der Waals surface area (Å²) in [5.74, 6) is 2.94. The van der Waals surface area contributed by atoms with Crippen molar-refractivity contribution in [2.75, 3.05) is 11.5 Å². The molecule has 0 atom stereocenters. The minimum atomic E-state index is 0.734. The van der Waals surface area contributed by atoms with Gasteiger partial charge in [-0.3, -0.25) is 0 Å². The lowest BCUT2D eigenvalue weighted by Gasteiger charge is -2.18. The van der Waals surface area contributed by atoms with Gasteiger partial charge in [0.1, 0.15) is 0 Å². The van der Waals surface area contributed by atoms with Crippen LogP contribution in [-0.2, 0) is 32.1 Å². The SMILES string of the molecule is CC(C)CCCc1cc(Cc2cc(CCCC(C)C)c(N)c(CCCC(C)C)c2)cc(CCCC(C)C)c1N. The lowest BCUT2D eigenvalue weighted by atomic mass is 9.89. The highest BCUT2D eigenvalue weighted by Crippen LogP contribution is 2.30. The largest absolute Gasteiger partial charge is 0.398 e. The summed E-state index contributed by atoms with van der Waals surface area (Å²) in [7, 11) is 0. The Bertz CT molecular complexity index is 833. The fourth-order valence-electron chi connectivity index (χ4n) is 5.77. The summed E-state index contributed by atoms with van der Waals surface area (Å²) in [4.78, 5) is 0. The predicted octanol–water partition coefficient (Wildman–Crippen LogP) is 10.4. The minimum absolute atomic E-state index is 0.734. The van der Waals surface area contributed by atoms with Gasteiger partial charge < -0.3 is 11.5 Å². The summed E-state index contributed by atoms with van der Waals surface area (Å²) in [6, 6.07) is 9.65. The Morgan fingerprint density at radius 2 is 0.667 bits per heavy atom. The van der Waals surface area contributed by atoms with Crippen LogP contribution in [0.25, 0.3) is 0 Å². The maximum atomic E-state index is 6.79. The van der Waals surface area contributed by atoms with Crippen LogP contribution in [0.5, 0.6) is 0 Å². The number of aryl methyl sites for hydroxylation is 4. The van der Waals surface area contributed by atoms with E-state index in [-0.39, 0.29) is 0 Å². The Morgan fingerprint density at radius 1 is 0.436 bits per heavy atom. The second kappa shape index (κ2) is 17.0. The maximum absolute atomic E-state index is 6.79. The van der Waals surface area contributed by atoms with Gasteiger partial charge >= 0.3 is 0 Å². The van der Waals surface area contributed by atoms with E-state index in [2.05, 4.69) is 79.7 Å². The molecule has 0 saturated carbocycles. The van der Waals surface area contributed by atoms with Crippen LogP contribution in [0.3, 0.4) is 0 Å². The third-order valence-electron chi connectivity index (χ3n) is 8.14. The zero-order valence-electron chi connectivity index (χ0n) is 27.0. The molecular weight excluding hydrogens is 472 g/mol. The molecule has 2 rings (SSSR count). The summed E-state index contributed by atoms with van der Waals surface area (Å²) in [5, 5.41) is 0. The molecule has 0 aromatic heterocycles. The van der Waals surface area contributed by atoms with Crippen LogP contribution in [0, 0.1) is 23.7 Å². The third kappa shape index (κ3) is 12.4. The maximum Gasteiger partial charge on any atom is 0.0379 e. The Kier molecular flexibility index (Phi) is 14.5. The van der Waals surface area contributed by atoms with Crippen molar-refractivity contribution >= 4 is 11.4 Å². The van der Waals surface area contributed by atoms with Gasteiger partial charge in [0.25, 0.3) is 0 Å². The molecule has 0 saturated heterocycles. The van der Waals surface area contributed by atoms with Crippen LogP contribution in [-0.4, -0.2) is 0 Å². The van der Waals surface area contributed by atoms with Gasteiger partial charge in [0.05, 0.1) is 0 Å². The van der Waals surface area contributed by atoms with Crippen LogP contribution in [0.4, 0.5) is 11.4 Å². The molecule has 0 spiro atoms. The first-order valence-electron chi connectivity index (χ1n) is 16.3. The smallest absolute Gasteiger partial charge is 0.0379 e. The number of hydrogen-bond donors (Lipinski definition) is 2. The number of nitrogen functional groups attached to an aromatic ring is 2. The van der Waals surface area contributed by atoms with Crippen molar-refractivity contribution in [1.82, 2.24) is 0 Å². The fourth-order valence-corrected chi connectivity index (χ4v) is 5.77. The molecule has 220 valence electrons. The van der Waals surface area contributed by atoms with Crippen molar-refractivity contribution in [2.45, 2.75) is 139 Å². The molecule has 0 unspecified atom stereocenters. The second-order valence-corrected chi connectivity index (χ2v) is 14.0. The summed E-state index contributed by atoms with van der Waals surface area (Å²) in [5.41, 5.74) is 23.9. The number of benzene rings is 2. The monoisotopic (exact) mass is 534 g/mol. The van der Waals surface area contributed by atoms with Crippen molar-refractivity contribution in [3.05, 3.63) is 57.6 Å². The minimum Gasteiger partial charge on any atom is -0.398 e. The standard InChI is InChI=1S/C37H62N2/c1-26(2)13-9-17-32-22-30(23-33(36(32)38)18-10-14-27(3)4)21-31-24-34(19-11-15-28(5)6)37(39)35(25-31)20-12-16-29(7)8/h22-29H,9-21,38-39H2,1-8H3. The fraction of sp³-hybridized carbons (Fsp3) is 0.676. The molecule has 0 radical (unpaired) electrons. The highest BCUT2D eigenvalue weighted by Gasteiger charge is 2.13. The molecule has 0 fully saturated rings. The van der Waals surface area contributed by atoms with Crippen molar-refractivity contribution in [3.63, 3.8) is 0 Å². The second-order valence-electron chi connectivity index (χ2n) is 14.0. The molecule has 2 nitrogen and oxygen atoms in total. The Balaban J connectivity index is 2.38. The first kappa shape index (κ1) is 33.2. The van der Waals surface area contributed by atoms with E-state index in [0.29, 0.717) is 0 Å². The van der Waals surface area contributed by atoms with Gasteiger partial charge in [-0.1, -0.05) is 105 Å². The van der Waals surface area contributed by atoms with Gasteiger partial charge in [0.2, 0.25) is 0 Å². The zero-order valence-corrected chi connectivity index (χ0v) is 27.0. The molecule has 0 aliphatic carbocycles. The number of anilines is 2. The van der Waals surface area contributed by atoms with E-state index in [4.69, 9.17) is 11.5 Å². The molecule has 2 aromatic carbocycles. The summed E-state index contributed by atoms with van der Waals surface area (Å²) in [6.07, 6.45) is 15.1. The van der Waals surface area contributed by atoms with E-state index in [0.717, 1.165) is 67.2 Å². The summed E-state index contributed by atoms with van der Waals surface area (Å²) < 4.78 is 0. The molecule has 2 heteroatoms. The van der Waals surface area contributed by atoms with Crippen molar-refractivity contribution in [3.8, 4) is 0 Å². The van der Waals surface area contributed by atoms with E-state index >= 15 is 0 Å². The van der Waals surface area contributed by atoms with Crippen molar-refractivity contribution in [1.29, 1.82) is 0 Å². The Morgan fingerprint density at radius 3 is 0.872 bits per heavy atom. The van der Waals surface area contributed by atoms with Gasteiger partial charge in [0, 0.05) is 11.4 Å². The molecular formula is C37H62N2. The van der Waals surface area contributed by atoms with E-state index in [1.165, 1.54) is 84.7 Å². The third-order valence-corrected chi connectivity index (χ3v) is 8.14. The Hall–Kier alpha value is -1.96. The molecule has 0 heterocycles. The van der Waals surface area contributed by atoms with Gasteiger partial charge in [-0.15, -0.1) is 0 Å². The lowest BCUT2D eigenvalue weighted by Crippen LogP contribution is -2.06. The first-order valence-corrected chi connectivity index (χ1v) is 16.3. The van der Waals surface area contributed by atoms with Gasteiger partial charge in [-0.2, -0.15) is 0 Å². The van der Waals surface area contributed by atoms with E-state index in [1.807, 2.05) is 0 Å². The molecule has 0 amide bonds. The van der Waals surface area contributed by atoms with Crippen LogP contribution < -0.4 is 11.5 Å². The number of rotatable bonds is 18. The van der Waals surface area contributed by atoms with Crippen LogP contribution in [0.2, 0.25) is 0 Å². The average Bonchev–Trinajstić information content (AvgIpc) is 2.83. The summed E-state index contributed by atoms with van der Waals surface area (Å²) >= 11 is 0. The molecule has 0 bridgehead atoms. The van der Waals surface area contributed by atoms with Crippen molar-refractivity contribution in [2.24, 2.45) is 23.7 Å². The molecule has 0 aliphatic heterocycles. The van der Waals surface area contributed by atoms with Crippen LogP contribution in [0.1, 0.15) is 140 Å². The quantitative estimate of drug-likeness (QED) is 0.187. The highest BCUT2D eigenvalue weighted by atomic mass is 14.6. The van der Waals surface area contributed by atoms with Crippen LogP contribution in [0.15, 0.2) is 24.3 Å². The average molecular weight is 535 g/mol. The molecule has 2 aromatic rings. The van der Waals surface area contributed by atoms with E-state index < -0.39 is 0 Å². The van der Waals surface area contributed by atoms with Gasteiger partial charge in [0.15, 0.2) is 0 Å². The molecule has 0 aliphatic rings. The predicted molar refractivity (Wildman–Crippen MR) is 176 cm³/mol. The first-order chi connectivity index (χ1) is 18.5. The zero-order chi connectivity index (χ0) is 28.9. The molecule has 4 N–H and O–H groups in total. The van der Waals surface area contributed by atoms with Crippen molar-refractivity contribution < 1.29 is 0 Å². The van der Waals surface area contributed by atoms with E-state index in [1.54, 1.807) is 0 Å². The number of nitrogens with two attached hydrogens (primary N) is 2. The van der Waals surface area contributed by atoms with E-state index in [9.17, 15) is 0 Å². The Labute approximate surface area is 242 Å². The lowest BCUT2D eigenvalue weighted by molar-refractivity contribution is 0.553. The highest BCUT2D eigenvalue weighted by molar-refractivity contribution is 5.59. The summed E-state index contributed by atoms with van der Waals surface area (Å²) in [6.45, 7) is 18.5. The van der Waals surface area contributed by atoms with Gasteiger partial charge in [-0.05, 0) is 115 Å². The topological polar surface area (TPSA) is 52.0 Å². The normalized spacial score (nSPS) is 12.0.